The molecule has 3 rings (SSSR count). The molecule has 0 heterocycles. The molecule has 0 aliphatic rings. The number of amides is 1. The first kappa shape index (κ1) is 19.4. The predicted molar refractivity (Wildman–Crippen MR) is 114 cm³/mol. The molecular formula is C24H24N2O2. The molecule has 142 valence electrons. The van der Waals surface area contributed by atoms with Crippen LogP contribution in [0.2, 0.25) is 0 Å². The Morgan fingerprint density at radius 1 is 0.857 bits per heavy atom. The van der Waals surface area contributed by atoms with Crippen molar-refractivity contribution in [2.24, 2.45) is 5.10 Å². The minimum atomic E-state index is -0.289. The van der Waals surface area contributed by atoms with Crippen LogP contribution in [-0.2, 0) is 4.79 Å². The van der Waals surface area contributed by atoms with E-state index in [2.05, 4.69) is 34.8 Å². The van der Waals surface area contributed by atoms with Gasteiger partial charge in [-0.1, -0.05) is 72.8 Å². The smallest absolute Gasteiger partial charge is 0.277 e. The largest absolute Gasteiger partial charge is 0.483 e. The summed E-state index contributed by atoms with van der Waals surface area (Å²) >= 11 is 0. The number of aryl methyl sites for hydroxylation is 2. The molecule has 0 aliphatic heterocycles. The molecule has 0 bridgehead atoms. The summed E-state index contributed by atoms with van der Waals surface area (Å²) in [5.74, 6) is 0.456. The standard InChI is InChI=1S/C24H24N2O2/c1-17-8-7-9-18(2)24(17)28-16-23(27)26-25-19(3)20-12-14-22(15-13-20)21-10-5-4-6-11-21/h4-15H,16H2,1-3H3,(H,26,27). The van der Waals surface area contributed by atoms with Crippen LogP contribution in [0.3, 0.4) is 0 Å². The maximum Gasteiger partial charge on any atom is 0.277 e. The average molecular weight is 372 g/mol. The number of para-hydroxylation sites is 1. The molecule has 1 N–H and O–H groups in total. The van der Waals surface area contributed by atoms with Gasteiger partial charge >= 0.3 is 0 Å². The summed E-state index contributed by atoms with van der Waals surface area (Å²) in [4.78, 5) is 12.1. The van der Waals surface area contributed by atoms with Gasteiger partial charge < -0.3 is 4.74 Å². The van der Waals surface area contributed by atoms with Crippen LogP contribution in [0.1, 0.15) is 23.6 Å². The summed E-state index contributed by atoms with van der Waals surface area (Å²) in [5, 5.41) is 4.19. The molecule has 0 fully saturated rings. The second-order valence-corrected chi connectivity index (χ2v) is 6.69. The van der Waals surface area contributed by atoms with E-state index in [1.807, 2.05) is 69.3 Å². The SMILES string of the molecule is CC(=NNC(=O)COc1c(C)cccc1C)c1ccc(-c2ccccc2)cc1. The van der Waals surface area contributed by atoms with Gasteiger partial charge in [0.2, 0.25) is 0 Å². The van der Waals surface area contributed by atoms with Gasteiger partial charge in [0.15, 0.2) is 6.61 Å². The van der Waals surface area contributed by atoms with Crippen molar-refractivity contribution in [3.05, 3.63) is 89.5 Å². The van der Waals surface area contributed by atoms with Crippen molar-refractivity contribution in [2.75, 3.05) is 6.61 Å². The van der Waals surface area contributed by atoms with Crippen LogP contribution in [0.4, 0.5) is 0 Å². The van der Waals surface area contributed by atoms with Crippen molar-refractivity contribution >= 4 is 11.6 Å². The lowest BCUT2D eigenvalue weighted by atomic mass is 10.0. The number of nitrogens with one attached hydrogen (secondary N) is 1. The number of carbonyl (C=O) groups is 1. The van der Waals surface area contributed by atoms with E-state index in [4.69, 9.17) is 4.74 Å². The topological polar surface area (TPSA) is 50.7 Å². The Labute approximate surface area is 165 Å². The summed E-state index contributed by atoms with van der Waals surface area (Å²) in [6, 6.07) is 24.2. The average Bonchev–Trinajstić information content (AvgIpc) is 2.72. The van der Waals surface area contributed by atoms with Crippen LogP contribution < -0.4 is 10.2 Å². The number of carbonyl (C=O) groups excluding carboxylic acids is 1. The second kappa shape index (κ2) is 9.00. The number of hydrogen-bond acceptors (Lipinski definition) is 3. The van der Waals surface area contributed by atoms with Crippen molar-refractivity contribution in [1.82, 2.24) is 5.43 Å². The lowest BCUT2D eigenvalue weighted by Crippen LogP contribution is -2.26. The van der Waals surface area contributed by atoms with E-state index >= 15 is 0 Å². The summed E-state index contributed by atoms with van der Waals surface area (Å²) in [7, 11) is 0. The van der Waals surface area contributed by atoms with E-state index in [0.29, 0.717) is 0 Å². The van der Waals surface area contributed by atoms with Crippen LogP contribution in [0.25, 0.3) is 11.1 Å². The molecule has 0 unspecified atom stereocenters. The van der Waals surface area contributed by atoms with Crippen LogP contribution in [0.15, 0.2) is 77.9 Å². The third kappa shape index (κ3) is 4.86. The molecule has 0 radical (unpaired) electrons. The summed E-state index contributed by atoms with van der Waals surface area (Å²) in [6.45, 7) is 5.71. The fourth-order valence-corrected chi connectivity index (χ4v) is 2.94. The maximum absolute atomic E-state index is 12.1. The Morgan fingerprint density at radius 2 is 1.46 bits per heavy atom. The molecule has 0 saturated carbocycles. The van der Waals surface area contributed by atoms with Crippen molar-refractivity contribution in [2.45, 2.75) is 20.8 Å². The highest BCUT2D eigenvalue weighted by atomic mass is 16.5. The van der Waals surface area contributed by atoms with E-state index in [9.17, 15) is 4.79 Å². The van der Waals surface area contributed by atoms with Crippen LogP contribution >= 0.6 is 0 Å². The number of benzene rings is 3. The highest BCUT2D eigenvalue weighted by Crippen LogP contribution is 2.22. The maximum atomic E-state index is 12.1. The molecule has 0 spiro atoms. The fraction of sp³-hybridized carbons (Fsp3) is 0.167. The summed E-state index contributed by atoms with van der Waals surface area (Å²) in [6.07, 6.45) is 0. The molecule has 3 aromatic rings. The monoisotopic (exact) mass is 372 g/mol. The van der Waals surface area contributed by atoms with Gasteiger partial charge in [0.05, 0.1) is 5.71 Å². The number of rotatable bonds is 6. The van der Waals surface area contributed by atoms with Gasteiger partial charge in [-0.25, -0.2) is 5.43 Å². The number of hydrogen-bond donors (Lipinski definition) is 1. The van der Waals surface area contributed by atoms with E-state index in [-0.39, 0.29) is 12.5 Å². The van der Waals surface area contributed by atoms with Crippen molar-refractivity contribution in [3.63, 3.8) is 0 Å². The third-order valence-corrected chi connectivity index (χ3v) is 4.51. The highest BCUT2D eigenvalue weighted by Gasteiger charge is 2.07. The Kier molecular flexibility index (Phi) is 6.22. The molecule has 0 saturated heterocycles. The van der Waals surface area contributed by atoms with Gasteiger partial charge in [-0.3, -0.25) is 4.79 Å². The quantitative estimate of drug-likeness (QED) is 0.495. The van der Waals surface area contributed by atoms with Crippen LogP contribution in [0.5, 0.6) is 5.75 Å². The first-order chi connectivity index (χ1) is 13.5. The first-order valence-electron chi connectivity index (χ1n) is 9.22. The fourth-order valence-electron chi connectivity index (χ4n) is 2.94. The molecule has 1 amide bonds. The normalized spacial score (nSPS) is 11.2. The van der Waals surface area contributed by atoms with Gasteiger partial charge in [0, 0.05) is 0 Å². The Balaban J connectivity index is 1.58. The van der Waals surface area contributed by atoms with E-state index in [1.165, 1.54) is 5.56 Å². The molecule has 3 aromatic carbocycles. The zero-order chi connectivity index (χ0) is 19.9. The van der Waals surface area contributed by atoms with Crippen LogP contribution in [-0.4, -0.2) is 18.2 Å². The molecular weight excluding hydrogens is 348 g/mol. The minimum Gasteiger partial charge on any atom is -0.483 e. The van der Waals surface area contributed by atoms with Crippen LogP contribution in [0, 0.1) is 13.8 Å². The molecule has 0 atom stereocenters. The van der Waals surface area contributed by atoms with Gasteiger partial charge in [0.25, 0.3) is 5.91 Å². The van der Waals surface area contributed by atoms with Crippen molar-refractivity contribution in [3.8, 4) is 16.9 Å². The molecule has 0 aromatic heterocycles. The number of hydrazone groups is 1. The lowest BCUT2D eigenvalue weighted by Gasteiger charge is -2.11. The van der Waals surface area contributed by atoms with Crippen molar-refractivity contribution < 1.29 is 9.53 Å². The zero-order valence-corrected chi connectivity index (χ0v) is 16.4. The van der Waals surface area contributed by atoms with Crippen molar-refractivity contribution in [1.29, 1.82) is 0 Å². The van der Waals surface area contributed by atoms with Gasteiger partial charge in [-0.15, -0.1) is 0 Å². The van der Waals surface area contributed by atoms with E-state index in [1.54, 1.807) is 0 Å². The van der Waals surface area contributed by atoms with E-state index in [0.717, 1.165) is 33.7 Å². The summed E-state index contributed by atoms with van der Waals surface area (Å²) < 4.78 is 5.65. The highest BCUT2D eigenvalue weighted by molar-refractivity contribution is 5.99. The summed E-state index contributed by atoms with van der Waals surface area (Å²) in [5.41, 5.74) is 8.57. The van der Waals surface area contributed by atoms with E-state index < -0.39 is 0 Å². The lowest BCUT2D eigenvalue weighted by molar-refractivity contribution is -0.123. The first-order valence-corrected chi connectivity index (χ1v) is 9.22. The number of nitrogens with zero attached hydrogens (tertiary/aromatic N) is 1. The minimum absolute atomic E-state index is 0.0740. The third-order valence-electron chi connectivity index (χ3n) is 4.51. The van der Waals surface area contributed by atoms with Gasteiger partial charge in [-0.05, 0) is 48.6 Å². The number of ether oxygens (including phenoxy) is 1. The predicted octanol–water partition coefficient (Wildman–Crippen LogP) is 4.89. The molecule has 4 heteroatoms. The van der Waals surface area contributed by atoms with Gasteiger partial charge in [-0.2, -0.15) is 5.10 Å². The Morgan fingerprint density at radius 3 is 2.11 bits per heavy atom. The molecule has 0 aliphatic carbocycles. The molecule has 28 heavy (non-hydrogen) atoms. The molecule has 4 nitrogen and oxygen atoms in total. The zero-order valence-electron chi connectivity index (χ0n) is 16.4. The Bertz CT molecular complexity index is 957. The second-order valence-electron chi connectivity index (χ2n) is 6.69. The Hall–Kier alpha value is -3.40. The van der Waals surface area contributed by atoms with Gasteiger partial charge in [0.1, 0.15) is 5.75 Å².